The third-order valence-electron chi connectivity index (χ3n) is 3.02. The van der Waals surface area contributed by atoms with Gasteiger partial charge in [0.15, 0.2) is 0 Å². The molecule has 1 rings (SSSR count). The summed E-state index contributed by atoms with van der Waals surface area (Å²) in [6, 6.07) is 7.88. The zero-order chi connectivity index (χ0) is 12.3. The molecule has 1 aromatic carbocycles. The van der Waals surface area contributed by atoms with Crippen LogP contribution in [0.15, 0.2) is 24.3 Å². The summed E-state index contributed by atoms with van der Waals surface area (Å²) in [7, 11) is 1.96. The Morgan fingerprint density at radius 1 is 1.31 bits per heavy atom. The van der Waals surface area contributed by atoms with Crippen molar-refractivity contribution in [3.05, 3.63) is 34.9 Å². The number of halogens is 1. The predicted octanol–water partition coefficient (Wildman–Crippen LogP) is 2.66. The molecule has 0 spiro atoms. The van der Waals surface area contributed by atoms with E-state index in [0.717, 1.165) is 5.02 Å². The fraction of sp³-hybridized carbons (Fsp3) is 0.417. The monoisotopic (exact) mass is 239 g/mol. The van der Waals surface area contributed by atoms with E-state index < -0.39 is 0 Å². The van der Waals surface area contributed by atoms with E-state index in [1.54, 1.807) is 0 Å². The summed E-state index contributed by atoms with van der Waals surface area (Å²) in [5, 5.41) is 8.17. The Hall–Kier alpha value is -1.06. The smallest absolute Gasteiger partial charge is 0.108 e. The summed E-state index contributed by atoms with van der Waals surface area (Å²) in [4.78, 5) is 2.06. The van der Waals surface area contributed by atoms with Crippen LogP contribution in [0.25, 0.3) is 0 Å². The van der Waals surface area contributed by atoms with Gasteiger partial charge in [-0.3, -0.25) is 10.3 Å². The predicted molar refractivity (Wildman–Crippen MR) is 69.0 cm³/mol. The number of rotatable bonds is 4. The number of hydrogen-bond donors (Lipinski definition) is 2. The summed E-state index contributed by atoms with van der Waals surface area (Å²) in [6.45, 7) is 4.01. The van der Waals surface area contributed by atoms with E-state index in [-0.39, 0.29) is 17.9 Å². The first-order valence-corrected chi connectivity index (χ1v) is 5.62. The van der Waals surface area contributed by atoms with Crippen LogP contribution in [0, 0.1) is 5.41 Å². The molecule has 2 unspecified atom stereocenters. The van der Waals surface area contributed by atoms with E-state index in [1.807, 2.05) is 38.2 Å². The van der Waals surface area contributed by atoms with Crippen LogP contribution in [0.5, 0.6) is 0 Å². The SMILES string of the molecule is CC(C(=N)N)N(C)C(C)c1ccc(Cl)cc1. The van der Waals surface area contributed by atoms with Crippen molar-refractivity contribution in [3.63, 3.8) is 0 Å². The first-order chi connectivity index (χ1) is 7.43. The molecular formula is C12H18ClN3. The molecule has 4 heteroatoms. The van der Waals surface area contributed by atoms with Crippen molar-refractivity contribution >= 4 is 17.4 Å². The van der Waals surface area contributed by atoms with Gasteiger partial charge in [0, 0.05) is 11.1 Å². The number of likely N-dealkylation sites (N-methyl/N-ethyl adjacent to an activating group) is 1. The van der Waals surface area contributed by atoms with Gasteiger partial charge in [-0.15, -0.1) is 0 Å². The van der Waals surface area contributed by atoms with Crippen LogP contribution < -0.4 is 5.73 Å². The Balaban J connectivity index is 2.81. The molecule has 0 amide bonds. The van der Waals surface area contributed by atoms with Crippen molar-refractivity contribution in [2.24, 2.45) is 5.73 Å². The number of nitrogens with one attached hydrogen (secondary N) is 1. The largest absolute Gasteiger partial charge is 0.386 e. The molecule has 16 heavy (non-hydrogen) atoms. The minimum atomic E-state index is -0.0642. The summed E-state index contributed by atoms with van der Waals surface area (Å²) < 4.78 is 0. The second kappa shape index (κ2) is 5.32. The van der Waals surface area contributed by atoms with Gasteiger partial charge in [0.2, 0.25) is 0 Å². The molecule has 0 heterocycles. The molecule has 3 nitrogen and oxygen atoms in total. The molecule has 2 atom stereocenters. The van der Waals surface area contributed by atoms with E-state index in [2.05, 4.69) is 11.8 Å². The summed E-state index contributed by atoms with van der Waals surface area (Å²) in [5.74, 6) is 0.184. The number of nitrogens with zero attached hydrogens (tertiary/aromatic N) is 1. The molecule has 0 aliphatic heterocycles. The van der Waals surface area contributed by atoms with Crippen LogP contribution in [0.2, 0.25) is 5.02 Å². The van der Waals surface area contributed by atoms with Crippen molar-refractivity contribution in [2.45, 2.75) is 25.9 Å². The summed E-state index contributed by atoms with van der Waals surface area (Å²) in [6.07, 6.45) is 0. The van der Waals surface area contributed by atoms with Crippen molar-refractivity contribution in [1.29, 1.82) is 5.41 Å². The molecule has 0 saturated carbocycles. The molecule has 0 aromatic heterocycles. The lowest BCUT2D eigenvalue weighted by atomic mass is 10.1. The van der Waals surface area contributed by atoms with Gasteiger partial charge in [-0.05, 0) is 38.6 Å². The molecule has 1 aromatic rings. The number of hydrogen-bond acceptors (Lipinski definition) is 2. The number of nitrogens with two attached hydrogens (primary N) is 1. The van der Waals surface area contributed by atoms with Crippen LogP contribution >= 0.6 is 11.6 Å². The van der Waals surface area contributed by atoms with Crippen molar-refractivity contribution in [3.8, 4) is 0 Å². The minimum absolute atomic E-state index is 0.0642. The minimum Gasteiger partial charge on any atom is -0.386 e. The molecule has 0 aliphatic carbocycles. The second-order valence-electron chi connectivity index (χ2n) is 4.02. The van der Waals surface area contributed by atoms with Gasteiger partial charge < -0.3 is 5.73 Å². The zero-order valence-corrected chi connectivity index (χ0v) is 10.6. The topological polar surface area (TPSA) is 53.1 Å². The van der Waals surface area contributed by atoms with Gasteiger partial charge >= 0.3 is 0 Å². The highest BCUT2D eigenvalue weighted by Crippen LogP contribution is 2.22. The fourth-order valence-electron chi connectivity index (χ4n) is 1.53. The Labute approximate surface area is 102 Å². The first-order valence-electron chi connectivity index (χ1n) is 5.24. The van der Waals surface area contributed by atoms with Crippen LogP contribution in [0.1, 0.15) is 25.5 Å². The Kier molecular flexibility index (Phi) is 4.33. The quantitative estimate of drug-likeness (QED) is 0.627. The lowest BCUT2D eigenvalue weighted by molar-refractivity contribution is 0.239. The maximum absolute atomic E-state index is 7.44. The Morgan fingerprint density at radius 2 is 1.81 bits per heavy atom. The summed E-state index contributed by atoms with van der Waals surface area (Å²) >= 11 is 5.84. The number of benzene rings is 1. The maximum atomic E-state index is 7.44. The molecule has 88 valence electrons. The maximum Gasteiger partial charge on any atom is 0.108 e. The second-order valence-corrected chi connectivity index (χ2v) is 4.46. The van der Waals surface area contributed by atoms with Crippen molar-refractivity contribution in [2.75, 3.05) is 7.05 Å². The summed E-state index contributed by atoms with van der Waals surface area (Å²) in [5.41, 5.74) is 6.66. The molecule has 0 radical (unpaired) electrons. The highest BCUT2D eigenvalue weighted by molar-refractivity contribution is 6.30. The Bertz CT molecular complexity index is 361. The highest BCUT2D eigenvalue weighted by Gasteiger charge is 2.18. The van der Waals surface area contributed by atoms with Crippen LogP contribution in [0.4, 0.5) is 0 Å². The van der Waals surface area contributed by atoms with Gasteiger partial charge in [0.25, 0.3) is 0 Å². The van der Waals surface area contributed by atoms with E-state index in [1.165, 1.54) is 5.56 Å². The standard InChI is InChI=1S/C12H18ClN3/c1-8(16(3)9(2)12(14)15)10-4-6-11(13)7-5-10/h4-9H,1-3H3,(H3,14,15). The van der Waals surface area contributed by atoms with Crippen LogP contribution in [-0.2, 0) is 0 Å². The Morgan fingerprint density at radius 3 is 2.25 bits per heavy atom. The van der Waals surface area contributed by atoms with E-state index >= 15 is 0 Å². The third kappa shape index (κ3) is 2.97. The van der Waals surface area contributed by atoms with E-state index in [9.17, 15) is 0 Å². The lowest BCUT2D eigenvalue weighted by Crippen LogP contribution is -2.41. The molecule has 0 bridgehead atoms. The fourth-order valence-corrected chi connectivity index (χ4v) is 1.66. The van der Waals surface area contributed by atoms with Gasteiger partial charge in [0.1, 0.15) is 5.84 Å². The molecule has 0 aliphatic rings. The average Bonchev–Trinajstić information content (AvgIpc) is 2.27. The van der Waals surface area contributed by atoms with Gasteiger partial charge in [0.05, 0.1) is 6.04 Å². The highest BCUT2D eigenvalue weighted by atomic mass is 35.5. The average molecular weight is 240 g/mol. The third-order valence-corrected chi connectivity index (χ3v) is 3.28. The van der Waals surface area contributed by atoms with Crippen LogP contribution in [0.3, 0.4) is 0 Å². The normalized spacial score (nSPS) is 14.8. The molecular weight excluding hydrogens is 222 g/mol. The molecule has 3 N–H and O–H groups in total. The first kappa shape index (κ1) is 13.0. The van der Waals surface area contributed by atoms with Gasteiger partial charge in [-0.1, -0.05) is 23.7 Å². The van der Waals surface area contributed by atoms with E-state index in [4.69, 9.17) is 22.7 Å². The van der Waals surface area contributed by atoms with Crippen molar-refractivity contribution in [1.82, 2.24) is 4.90 Å². The van der Waals surface area contributed by atoms with Crippen molar-refractivity contribution < 1.29 is 0 Å². The molecule has 0 fully saturated rings. The zero-order valence-electron chi connectivity index (χ0n) is 9.87. The van der Waals surface area contributed by atoms with E-state index in [0.29, 0.717) is 0 Å². The molecule has 0 saturated heterocycles. The van der Waals surface area contributed by atoms with Gasteiger partial charge in [-0.25, -0.2) is 0 Å². The van der Waals surface area contributed by atoms with Gasteiger partial charge in [-0.2, -0.15) is 0 Å². The lowest BCUT2D eigenvalue weighted by Gasteiger charge is -2.30. The number of amidine groups is 1. The van der Waals surface area contributed by atoms with Crippen LogP contribution in [-0.4, -0.2) is 23.8 Å².